The molecule has 7 heteroatoms. The Kier molecular flexibility index (Phi) is 3.66. The Morgan fingerprint density at radius 2 is 2.22 bits per heavy atom. The van der Waals surface area contributed by atoms with Crippen molar-refractivity contribution in [2.75, 3.05) is 7.11 Å². The van der Waals surface area contributed by atoms with Gasteiger partial charge in [-0.2, -0.15) is 13.2 Å². The smallest absolute Gasteiger partial charge is 0.387 e. The standard InChI is InChI=1S/C11H14F3NO2S/c1-17-10(3-2-4-10)5-7(16)8-6-15-9(18-8)11(12,13)14/h6-7,16H,2-5H2,1H3. The van der Waals surface area contributed by atoms with Crippen molar-refractivity contribution in [1.29, 1.82) is 0 Å². The number of thiazole rings is 1. The number of alkyl halides is 3. The predicted molar refractivity (Wildman–Crippen MR) is 60.3 cm³/mol. The Morgan fingerprint density at radius 3 is 2.61 bits per heavy atom. The van der Waals surface area contributed by atoms with Crippen LogP contribution in [0.25, 0.3) is 0 Å². The van der Waals surface area contributed by atoms with Crippen LogP contribution < -0.4 is 0 Å². The van der Waals surface area contributed by atoms with E-state index in [2.05, 4.69) is 4.98 Å². The molecule has 102 valence electrons. The summed E-state index contributed by atoms with van der Waals surface area (Å²) in [4.78, 5) is 3.54. The Labute approximate surface area is 107 Å². The van der Waals surface area contributed by atoms with Gasteiger partial charge in [0.1, 0.15) is 0 Å². The largest absolute Gasteiger partial charge is 0.443 e. The molecular weight excluding hydrogens is 267 g/mol. The second-order valence-corrected chi connectivity index (χ2v) is 5.59. The summed E-state index contributed by atoms with van der Waals surface area (Å²) in [7, 11) is 1.57. The lowest BCUT2D eigenvalue weighted by Crippen LogP contribution is -2.40. The van der Waals surface area contributed by atoms with Crippen molar-refractivity contribution in [3.8, 4) is 0 Å². The maximum absolute atomic E-state index is 12.4. The molecule has 1 aliphatic carbocycles. The van der Waals surface area contributed by atoms with E-state index in [1.165, 1.54) is 0 Å². The number of methoxy groups -OCH3 is 1. The van der Waals surface area contributed by atoms with Gasteiger partial charge < -0.3 is 9.84 Å². The van der Waals surface area contributed by atoms with Crippen LogP contribution in [0.5, 0.6) is 0 Å². The summed E-state index contributed by atoms with van der Waals surface area (Å²) in [6.45, 7) is 0. The first-order valence-corrected chi connectivity index (χ1v) is 6.44. The summed E-state index contributed by atoms with van der Waals surface area (Å²) in [5.74, 6) is 0. The van der Waals surface area contributed by atoms with Crippen LogP contribution in [0, 0.1) is 0 Å². The summed E-state index contributed by atoms with van der Waals surface area (Å²) in [6.07, 6.45) is -1.27. The van der Waals surface area contributed by atoms with Crippen molar-refractivity contribution in [2.24, 2.45) is 0 Å². The van der Waals surface area contributed by atoms with Gasteiger partial charge >= 0.3 is 6.18 Å². The van der Waals surface area contributed by atoms with Crippen molar-refractivity contribution in [2.45, 2.75) is 43.6 Å². The molecule has 18 heavy (non-hydrogen) atoms. The van der Waals surface area contributed by atoms with Crippen LogP contribution >= 0.6 is 11.3 Å². The molecule has 1 aliphatic rings. The summed E-state index contributed by atoms with van der Waals surface area (Å²) in [6, 6.07) is 0. The molecule has 2 rings (SSSR count). The molecule has 1 fully saturated rings. The van der Waals surface area contributed by atoms with Gasteiger partial charge in [0.05, 0.1) is 16.6 Å². The van der Waals surface area contributed by atoms with Gasteiger partial charge in [-0.3, -0.25) is 0 Å². The Balaban J connectivity index is 2.05. The zero-order valence-electron chi connectivity index (χ0n) is 9.83. The fraction of sp³-hybridized carbons (Fsp3) is 0.727. The molecule has 0 aliphatic heterocycles. The van der Waals surface area contributed by atoms with Gasteiger partial charge in [0, 0.05) is 19.7 Å². The van der Waals surface area contributed by atoms with Crippen LogP contribution in [-0.4, -0.2) is 22.8 Å². The molecule has 0 amide bonds. The summed E-state index contributed by atoms with van der Waals surface area (Å²) < 4.78 is 42.5. The number of aliphatic hydroxyl groups is 1. The van der Waals surface area contributed by atoms with Crippen molar-refractivity contribution in [3.05, 3.63) is 16.1 Å². The maximum Gasteiger partial charge on any atom is 0.443 e. The number of rotatable bonds is 4. The molecule has 0 bridgehead atoms. The van der Waals surface area contributed by atoms with Crippen molar-refractivity contribution < 1.29 is 23.0 Å². The third-order valence-corrected chi connectivity index (χ3v) is 4.50. The quantitative estimate of drug-likeness (QED) is 0.921. The Morgan fingerprint density at radius 1 is 1.56 bits per heavy atom. The van der Waals surface area contributed by atoms with E-state index in [4.69, 9.17) is 4.74 Å². The molecule has 1 unspecified atom stereocenters. The molecule has 0 radical (unpaired) electrons. The summed E-state index contributed by atoms with van der Waals surface area (Å²) in [5, 5.41) is 9.03. The minimum Gasteiger partial charge on any atom is -0.387 e. The minimum absolute atomic E-state index is 0.241. The highest BCUT2D eigenvalue weighted by atomic mass is 32.1. The van der Waals surface area contributed by atoms with Crippen LogP contribution in [0.3, 0.4) is 0 Å². The Bertz CT molecular complexity index is 409. The van der Waals surface area contributed by atoms with Crippen molar-refractivity contribution >= 4 is 11.3 Å². The van der Waals surface area contributed by atoms with E-state index >= 15 is 0 Å². The van der Waals surface area contributed by atoms with Gasteiger partial charge in [-0.15, -0.1) is 11.3 Å². The molecule has 1 aromatic heterocycles. The van der Waals surface area contributed by atoms with E-state index in [1.807, 2.05) is 0 Å². The average Bonchev–Trinajstić information content (AvgIpc) is 2.71. The van der Waals surface area contributed by atoms with Gasteiger partial charge in [-0.25, -0.2) is 4.98 Å². The number of aliphatic hydroxyl groups excluding tert-OH is 1. The topological polar surface area (TPSA) is 42.4 Å². The fourth-order valence-corrected chi connectivity index (χ4v) is 2.86. The number of hydrogen-bond acceptors (Lipinski definition) is 4. The van der Waals surface area contributed by atoms with Gasteiger partial charge in [-0.1, -0.05) is 0 Å². The molecule has 0 spiro atoms. The molecule has 1 saturated carbocycles. The lowest BCUT2D eigenvalue weighted by molar-refractivity contribution is -0.137. The van der Waals surface area contributed by atoms with Crippen molar-refractivity contribution in [3.63, 3.8) is 0 Å². The van der Waals surface area contributed by atoms with E-state index in [9.17, 15) is 18.3 Å². The van der Waals surface area contributed by atoms with Crippen LogP contribution in [0.4, 0.5) is 13.2 Å². The van der Waals surface area contributed by atoms with Crippen LogP contribution in [0.2, 0.25) is 0 Å². The summed E-state index contributed by atoms with van der Waals surface area (Å²) in [5.41, 5.74) is -0.373. The zero-order valence-corrected chi connectivity index (χ0v) is 10.6. The van der Waals surface area contributed by atoms with E-state index in [1.54, 1.807) is 7.11 Å². The van der Waals surface area contributed by atoms with Crippen LogP contribution in [0.1, 0.15) is 41.7 Å². The van der Waals surface area contributed by atoms with Gasteiger partial charge in [0.2, 0.25) is 0 Å². The SMILES string of the molecule is COC1(CC(O)c2cnc(C(F)(F)F)s2)CCC1. The first kappa shape index (κ1) is 13.8. The third-order valence-electron chi connectivity index (χ3n) is 3.36. The average molecular weight is 281 g/mol. The van der Waals surface area contributed by atoms with Gasteiger partial charge in [0.25, 0.3) is 0 Å². The van der Waals surface area contributed by atoms with Gasteiger partial charge in [-0.05, 0) is 19.3 Å². The maximum atomic E-state index is 12.4. The van der Waals surface area contributed by atoms with Gasteiger partial charge in [0.15, 0.2) is 5.01 Å². The van der Waals surface area contributed by atoms with Crippen LogP contribution in [0.15, 0.2) is 6.20 Å². The van der Waals surface area contributed by atoms with Crippen LogP contribution in [-0.2, 0) is 10.9 Å². The summed E-state index contributed by atoms with van der Waals surface area (Å²) >= 11 is 0.492. The predicted octanol–water partition coefficient (Wildman–Crippen LogP) is 3.15. The molecule has 0 saturated heterocycles. The normalized spacial score (nSPS) is 20.5. The second-order valence-electron chi connectivity index (χ2n) is 4.53. The van der Waals surface area contributed by atoms with Crippen molar-refractivity contribution in [1.82, 2.24) is 4.98 Å². The number of ether oxygens (including phenoxy) is 1. The molecule has 1 N–H and O–H groups in total. The first-order chi connectivity index (χ1) is 8.36. The molecular formula is C11H14F3NO2S. The highest BCUT2D eigenvalue weighted by molar-refractivity contribution is 7.11. The molecule has 1 atom stereocenters. The fourth-order valence-electron chi connectivity index (χ4n) is 2.09. The molecule has 3 nitrogen and oxygen atoms in total. The van der Waals surface area contributed by atoms with E-state index in [0.717, 1.165) is 25.5 Å². The number of aromatic nitrogens is 1. The highest BCUT2D eigenvalue weighted by Gasteiger charge is 2.40. The number of hydrogen-bond donors (Lipinski definition) is 1. The van der Waals surface area contributed by atoms with E-state index < -0.39 is 17.3 Å². The molecule has 0 aromatic carbocycles. The van der Waals surface area contributed by atoms with E-state index in [0.29, 0.717) is 17.8 Å². The zero-order chi connectivity index (χ0) is 13.4. The molecule has 1 aromatic rings. The second kappa shape index (κ2) is 4.79. The Hall–Kier alpha value is -0.660. The number of halogens is 3. The first-order valence-electron chi connectivity index (χ1n) is 5.62. The van der Waals surface area contributed by atoms with E-state index in [-0.39, 0.29) is 10.5 Å². The molecule has 1 heterocycles. The lowest BCUT2D eigenvalue weighted by atomic mass is 9.76. The lowest BCUT2D eigenvalue weighted by Gasteiger charge is -2.41. The third kappa shape index (κ3) is 2.67. The monoisotopic (exact) mass is 281 g/mol. The highest BCUT2D eigenvalue weighted by Crippen LogP contribution is 2.43. The minimum atomic E-state index is -4.45. The number of nitrogens with zero attached hydrogens (tertiary/aromatic N) is 1.